The molecule has 0 aliphatic rings. The lowest BCUT2D eigenvalue weighted by Crippen LogP contribution is -2.22. The van der Waals surface area contributed by atoms with Crippen LogP contribution in [0.5, 0.6) is 11.5 Å². The normalized spacial score (nSPS) is 14.4. The summed E-state index contributed by atoms with van der Waals surface area (Å²) in [6.45, 7) is 23.7. The van der Waals surface area contributed by atoms with Gasteiger partial charge in [-0.25, -0.2) is 16.8 Å². The molecule has 4 aromatic rings. The Hall–Kier alpha value is -5.18. The molecule has 4 aromatic carbocycles. The Balaban J connectivity index is 1.47. The van der Waals surface area contributed by atoms with Gasteiger partial charge in [-0.15, -0.1) is 0 Å². The monoisotopic (exact) mass is 987 g/mol. The summed E-state index contributed by atoms with van der Waals surface area (Å²) in [6.07, 6.45) is 23.7. The van der Waals surface area contributed by atoms with Crippen LogP contribution in [-0.2, 0) is 26.1 Å². The standard InChI is InChI=1S/C62H82O6S2/c1-12-67-61-53(11)56(62(68-13-2)58-39-21-20-38-57(58)61)43-42-52(10)60(70(65,66)55-36-18-15-19-37-55)45-41-50(8)31-24-29-48(6)32-25-33-51(9)59(69(63,64)54-34-16-14-17-35-54)44-40-49(7)30-23-28-47(5)27-22-26-46(3)4/h14-21,26,28-29,33-42,59-60H,12-13,22-25,27,30-32,43-45H2,1-11H3/b47-28+,48-29+,49-40+,50-41+,51-33+,52-42+. The Morgan fingerprint density at radius 3 is 1.29 bits per heavy atom. The molecular formula is C62H82O6S2. The van der Waals surface area contributed by atoms with Gasteiger partial charge < -0.3 is 9.47 Å². The van der Waals surface area contributed by atoms with Gasteiger partial charge in [0.1, 0.15) is 11.5 Å². The number of benzene rings is 4. The van der Waals surface area contributed by atoms with Crippen LogP contribution in [0.3, 0.4) is 0 Å². The first kappa shape index (κ1) is 57.4. The molecule has 70 heavy (non-hydrogen) atoms. The smallest absolute Gasteiger partial charge is 0.185 e. The van der Waals surface area contributed by atoms with Crippen molar-refractivity contribution in [2.45, 2.75) is 167 Å². The van der Waals surface area contributed by atoms with Crippen LogP contribution in [0.25, 0.3) is 10.8 Å². The van der Waals surface area contributed by atoms with E-state index in [1.165, 1.54) is 22.3 Å². The maximum atomic E-state index is 14.4. The summed E-state index contributed by atoms with van der Waals surface area (Å²) in [6, 6.07) is 25.7. The first-order valence-corrected chi connectivity index (χ1v) is 28.5. The lowest BCUT2D eigenvalue weighted by Gasteiger charge is -2.21. The summed E-state index contributed by atoms with van der Waals surface area (Å²) in [5.74, 6) is 1.64. The van der Waals surface area contributed by atoms with E-state index in [1.807, 2.05) is 52.0 Å². The molecule has 0 heterocycles. The van der Waals surface area contributed by atoms with E-state index in [0.717, 1.165) is 101 Å². The van der Waals surface area contributed by atoms with Gasteiger partial charge in [0.25, 0.3) is 0 Å². The number of hydrogen-bond donors (Lipinski definition) is 0. The zero-order valence-corrected chi connectivity index (χ0v) is 45.9. The van der Waals surface area contributed by atoms with E-state index in [2.05, 4.69) is 103 Å². The van der Waals surface area contributed by atoms with Crippen molar-refractivity contribution in [3.63, 3.8) is 0 Å². The molecule has 2 atom stereocenters. The third-order valence-corrected chi connectivity index (χ3v) is 17.6. The molecule has 0 saturated carbocycles. The molecule has 8 heteroatoms. The number of hydrogen-bond acceptors (Lipinski definition) is 6. The first-order valence-electron chi connectivity index (χ1n) is 25.4. The summed E-state index contributed by atoms with van der Waals surface area (Å²) in [5.41, 5.74) is 9.97. The number of fused-ring (bicyclic) bond motifs is 1. The van der Waals surface area contributed by atoms with Crippen molar-refractivity contribution in [3.05, 3.63) is 178 Å². The quantitative estimate of drug-likeness (QED) is 0.0527. The van der Waals surface area contributed by atoms with Crippen molar-refractivity contribution in [1.29, 1.82) is 0 Å². The van der Waals surface area contributed by atoms with Crippen molar-refractivity contribution >= 4 is 30.4 Å². The van der Waals surface area contributed by atoms with E-state index in [-0.39, 0.29) is 0 Å². The average Bonchev–Trinajstić information content (AvgIpc) is 3.33. The summed E-state index contributed by atoms with van der Waals surface area (Å²) in [5, 5.41) is 0.597. The van der Waals surface area contributed by atoms with Crippen LogP contribution in [0.2, 0.25) is 0 Å². The number of allylic oxidation sites excluding steroid dienone is 12. The molecule has 0 spiro atoms. The SMILES string of the molecule is CCOc1c(C)c(C/C=C(\C)C(C/C=C(\C)CC/C=C(\C)CC/C=C(\C)C(C/C=C(\C)CC/C=C(\C)CCC=C(C)C)S(=O)(=O)c2ccccc2)S(=O)(=O)c2ccccc2)c(OCC)c2ccccc12. The van der Waals surface area contributed by atoms with E-state index in [0.29, 0.717) is 42.3 Å². The van der Waals surface area contributed by atoms with Gasteiger partial charge >= 0.3 is 0 Å². The topological polar surface area (TPSA) is 86.7 Å². The number of rotatable bonds is 28. The third-order valence-electron chi connectivity index (χ3n) is 13.1. The van der Waals surface area contributed by atoms with Crippen LogP contribution in [0.1, 0.15) is 145 Å². The summed E-state index contributed by atoms with van der Waals surface area (Å²) in [4.78, 5) is 0.666. The van der Waals surface area contributed by atoms with Gasteiger partial charge in [-0.1, -0.05) is 142 Å². The predicted molar refractivity (Wildman–Crippen MR) is 298 cm³/mol. The lowest BCUT2D eigenvalue weighted by atomic mass is 9.95. The van der Waals surface area contributed by atoms with Crippen molar-refractivity contribution in [3.8, 4) is 11.5 Å². The van der Waals surface area contributed by atoms with E-state index in [1.54, 1.807) is 48.5 Å². The highest BCUT2D eigenvalue weighted by molar-refractivity contribution is 7.92. The molecular weight excluding hydrogens is 905 g/mol. The minimum atomic E-state index is -3.72. The Morgan fingerprint density at radius 1 is 0.471 bits per heavy atom. The minimum absolute atomic E-state index is 0.313. The molecule has 0 aromatic heterocycles. The molecule has 0 aliphatic heterocycles. The van der Waals surface area contributed by atoms with Crippen LogP contribution >= 0.6 is 0 Å². The molecule has 6 nitrogen and oxygen atoms in total. The van der Waals surface area contributed by atoms with Crippen molar-refractivity contribution in [2.24, 2.45) is 0 Å². The molecule has 0 amide bonds. The fourth-order valence-electron chi connectivity index (χ4n) is 8.86. The maximum absolute atomic E-state index is 14.4. The molecule has 378 valence electrons. The second kappa shape index (κ2) is 28.6. The lowest BCUT2D eigenvalue weighted by molar-refractivity contribution is 0.332. The van der Waals surface area contributed by atoms with Crippen molar-refractivity contribution in [1.82, 2.24) is 0 Å². The minimum Gasteiger partial charge on any atom is -0.493 e. The highest BCUT2D eigenvalue weighted by atomic mass is 32.2. The zero-order valence-electron chi connectivity index (χ0n) is 44.2. The molecule has 4 rings (SSSR count). The van der Waals surface area contributed by atoms with E-state index >= 15 is 0 Å². The Kier molecular flexibility index (Phi) is 23.5. The summed E-state index contributed by atoms with van der Waals surface area (Å²) < 4.78 is 69.3. The fourth-order valence-corrected chi connectivity index (χ4v) is 12.5. The molecule has 0 N–H and O–H groups in total. The highest BCUT2D eigenvalue weighted by Crippen LogP contribution is 2.41. The zero-order chi connectivity index (χ0) is 51.3. The van der Waals surface area contributed by atoms with E-state index in [9.17, 15) is 16.8 Å². The van der Waals surface area contributed by atoms with Crippen LogP contribution in [0, 0.1) is 6.92 Å². The largest absolute Gasteiger partial charge is 0.493 e. The molecule has 0 bridgehead atoms. The van der Waals surface area contributed by atoms with E-state index in [4.69, 9.17) is 9.47 Å². The molecule has 0 radical (unpaired) electrons. The second-order valence-corrected chi connectivity index (χ2v) is 23.3. The molecule has 0 saturated heterocycles. The third kappa shape index (κ3) is 17.0. The Morgan fingerprint density at radius 2 is 0.843 bits per heavy atom. The van der Waals surface area contributed by atoms with Crippen LogP contribution in [0.15, 0.2) is 176 Å². The number of sulfone groups is 2. The van der Waals surface area contributed by atoms with Gasteiger partial charge in [0.2, 0.25) is 0 Å². The van der Waals surface area contributed by atoms with Gasteiger partial charge in [0.15, 0.2) is 19.7 Å². The van der Waals surface area contributed by atoms with Gasteiger partial charge in [0, 0.05) is 16.3 Å². The van der Waals surface area contributed by atoms with Gasteiger partial charge in [-0.3, -0.25) is 0 Å². The van der Waals surface area contributed by atoms with E-state index < -0.39 is 30.2 Å². The van der Waals surface area contributed by atoms with Gasteiger partial charge in [0.05, 0.1) is 33.5 Å². The Labute approximate surface area is 423 Å². The molecule has 0 aliphatic carbocycles. The summed E-state index contributed by atoms with van der Waals surface area (Å²) >= 11 is 0. The van der Waals surface area contributed by atoms with Gasteiger partial charge in [-0.2, -0.15) is 0 Å². The van der Waals surface area contributed by atoms with Crippen LogP contribution < -0.4 is 9.47 Å². The predicted octanol–water partition coefficient (Wildman–Crippen LogP) is 16.7. The first-order chi connectivity index (χ1) is 33.4. The average molecular weight is 987 g/mol. The van der Waals surface area contributed by atoms with Crippen molar-refractivity contribution < 1.29 is 26.3 Å². The van der Waals surface area contributed by atoms with Gasteiger partial charge in [-0.05, 0) is 177 Å². The summed E-state index contributed by atoms with van der Waals surface area (Å²) in [7, 11) is -7.31. The molecule has 2 unspecified atom stereocenters. The maximum Gasteiger partial charge on any atom is 0.185 e. The van der Waals surface area contributed by atoms with Crippen LogP contribution in [0.4, 0.5) is 0 Å². The fraction of sp³-hybridized carbons (Fsp3) is 0.419. The molecule has 0 fully saturated rings. The highest BCUT2D eigenvalue weighted by Gasteiger charge is 2.30. The van der Waals surface area contributed by atoms with Crippen molar-refractivity contribution in [2.75, 3.05) is 13.2 Å². The number of ether oxygens (including phenoxy) is 2. The Bertz CT molecular complexity index is 2760. The second-order valence-electron chi connectivity index (χ2n) is 19.1. The van der Waals surface area contributed by atoms with Crippen LogP contribution in [-0.4, -0.2) is 40.5 Å².